The number of nitrogens with one attached hydrogen (secondary N) is 1. The first-order valence-corrected chi connectivity index (χ1v) is 9.19. The van der Waals surface area contributed by atoms with Gasteiger partial charge in [0.05, 0.1) is 42.1 Å². The number of rotatable bonds is 8. The zero-order valence-corrected chi connectivity index (χ0v) is 16.5. The van der Waals surface area contributed by atoms with Crippen LogP contribution in [-0.4, -0.2) is 30.1 Å². The minimum Gasteiger partial charge on any atom is -0.496 e. The molecule has 3 N–H and O–H groups in total. The van der Waals surface area contributed by atoms with E-state index in [-0.39, 0.29) is 18.6 Å². The summed E-state index contributed by atoms with van der Waals surface area (Å²) in [5, 5.41) is 3.20. The number of halogens is 1. The molecule has 0 spiro atoms. The number of hydrogen-bond acceptors (Lipinski definition) is 4. The maximum absolute atomic E-state index is 12.9. The number of nitrogens with two attached hydrogens (primary N) is 1. The number of para-hydroxylation sites is 2. The largest absolute Gasteiger partial charge is 0.496 e. The maximum atomic E-state index is 12.9. The van der Waals surface area contributed by atoms with Crippen LogP contribution in [-0.2, 0) is 4.79 Å². The van der Waals surface area contributed by atoms with Crippen LogP contribution in [0, 0.1) is 0 Å². The van der Waals surface area contributed by atoms with Crippen molar-refractivity contribution in [2.75, 3.05) is 19.0 Å². The Labute approximate surface area is 173 Å². The highest BCUT2D eigenvalue weighted by atomic mass is 35.5. The van der Waals surface area contributed by atoms with E-state index in [9.17, 15) is 9.59 Å². The predicted octanol–water partition coefficient (Wildman–Crippen LogP) is 3.65. The van der Waals surface area contributed by atoms with Gasteiger partial charge in [0.2, 0.25) is 5.91 Å². The molecule has 2 aromatic carbocycles. The number of carbonyl (C=O) groups excluding carboxylic acids is 2. The molecule has 3 aromatic rings. The van der Waals surface area contributed by atoms with Crippen LogP contribution < -0.4 is 20.5 Å². The van der Waals surface area contributed by atoms with Crippen molar-refractivity contribution in [3.8, 4) is 17.2 Å². The molecule has 0 unspecified atom stereocenters. The number of anilines is 1. The Kier molecular flexibility index (Phi) is 6.41. The molecular weight excluding hydrogens is 394 g/mol. The van der Waals surface area contributed by atoms with E-state index < -0.39 is 11.8 Å². The van der Waals surface area contributed by atoms with Crippen LogP contribution >= 0.6 is 11.6 Å². The third kappa shape index (κ3) is 4.89. The van der Waals surface area contributed by atoms with Gasteiger partial charge in [0.1, 0.15) is 11.5 Å². The van der Waals surface area contributed by atoms with Crippen molar-refractivity contribution in [1.29, 1.82) is 0 Å². The molecule has 7 nitrogen and oxygen atoms in total. The molecule has 3 rings (SSSR count). The molecule has 0 aliphatic rings. The number of primary amides is 1. The minimum atomic E-state index is -0.464. The summed E-state index contributed by atoms with van der Waals surface area (Å²) in [6, 6.07) is 13.9. The normalized spacial score (nSPS) is 10.4. The molecule has 0 saturated carbocycles. The first-order valence-electron chi connectivity index (χ1n) is 8.82. The molecule has 0 fully saturated rings. The van der Waals surface area contributed by atoms with Gasteiger partial charge in [-0.15, -0.1) is 0 Å². The average molecular weight is 414 g/mol. The SMILES string of the molecule is COc1cc(-n2cccc2)c(Cl)cc1C(=O)Nc1ccccc1OCCC(N)=O. The number of nitrogens with zero attached hydrogens (tertiary/aromatic N) is 1. The second-order valence-electron chi connectivity index (χ2n) is 6.11. The van der Waals surface area contributed by atoms with E-state index in [1.807, 2.05) is 29.1 Å². The van der Waals surface area contributed by atoms with Gasteiger partial charge in [0, 0.05) is 18.5 Å². The highest BCUT2D eigenvalue weighted by Gasteiger charge is 2.18. The van der Waals surface area contributed by atoms with Crippen LogP contribution in [0.5, 0.6) is 11.5 Å². The predicted molar refractivity (Wildman–Crippen MR) is 111 cm³/mol. The molecule has 150 valence electrons. The molecule has 2 amide bonds. The van der Waals surface area contributed by atoms with E-state index in [0.29, 0.717) is 27.9 Å². The quantitative estimate of drug-likeness (QED) is 0.589. The molecule has 0 aliphatic carbocycles. The summed E-state index contributed by atoms with van der Waals surface area (Å²) < 4.78 is 12.8. The monoisotopic (exact) mass is 413 g/mol. The Morgan fingerprint density at radius 2 is 1.83 bits per heavy atom. The highest BCUT2D eigenvalue weighted by Crippen LogP contribution is 2.31. The lowest BCUT2D eigenvalue weighted by atomic mass is 10.1. The molecule has 0 bridgehead atoms. The Hall–Kier alpha value is -3.45. The van der Waals surface area contributed by atoms with Gasteiger partial charge in [-0.2, -0.15) is 0 Å². The lowest BCUT2D eigenvalue weighted by Crippen LogP contribution is -2.16. The van der Waals surface area contributed by atoms with Gasteiger partial charge < -0.3 is 25.1 Å². The third-order valence-corrected chi connectivity index (χ3v) is 4.44. The zero-order chi connectivity index (χ0) is 20.8. The molecular formula is C21H20ClN3O4. The van der Waals surface area contributed by atoms with Crippen molar-refractivity contribution in [3.63, 3.8) is 0 Å². The molecule has 0 saturated heterocycles. The Morgan fingerprint density at radius 1 is 1.10 bits per heavy atom. The van der Waals surface area contributed by atoms with Gasteiger partial charge in [-0.25, -0.2) is 0 Å². The standard InChI is InChI=1S/C21H20ClN3O4/c1-28-19-13-17(25-9-4-5-10-25)15(22)12-14(19)21(27)24-16-6-2-3-7-18(16)29-11-8-20(23)26/h2-7,9-10,12-13H,8,11H2,1H3,(H2,23,26)(H,24,27). The van der Waals surface area contributed by atoms with E-state index in [0.717, 1.165) is 0 Å². The van der Waals surface area contributed by atoms with Crippen LogP contribution in [0.4, 0.5) is 5.69 Å². The van der Waals surface area contributed by atoms with E-state index >= 15 is 0 Å². The lowest BCUT2D eigenvalue weighted by molar-refractivity contribution is -0.118. The number of methoxy groups -OCH3 is 1. The maximum Gasteiger partial charge on any atom is 0.259 e. The van der Waals surface area contributed by atoms with Gasteiger partial charge in [0.15, 0.2) is 0 Å². The second kappa shape index (κ2) is 9.16. The van der Waals surface area contributed by atoms with Crippen LogP contribution in [0.1, 0.15) is 16.8 Å². The van der Waals surface area contributed by atoms with Gasteiger partial charge in [0.25, 0.3) is 5.91 Å². The molecule has 8 heteroatoms. The summed E-state index contributed by atoms with van der Waals surface area (Å²) in [4.78, 5) is 23.8. The van der Waals surface area contributed by atoms with Gasteiger partial charge in [-0.3, -0.25) is 9.59 Å². The van der Waals surface area contributed by atoms with Crippen molar-refractivity contribution in [1.82, 2.24) is 4.57 Å². The highest BCUT2D eigenvalue weighted by molar-refractivity contribution is 6.33. The number of benzene rings is 2. The first kappa shape index (κ1) is 20.3. The first-order chi connectivity index (χ1) is 14.0. The Bertz CT molecular complexity index is 1020. The van der Waals surface area contributed by atoms with Gasteiger partial charge >= 0.3 is 0 Å². The molecule has 1 heterocycles. The average Bonchev–Trinajstić information content (AvgIpc) is 3.23. The fraction of sp³-hybridized carbons (Fsp3) is 0.143. The van der Waals surface area contributed by atoms with Crippen LogP contribution in [0.15, 0.2) is 60.9 Å². The Balaban J connectivity index is 1.84. The van der Waals surface area contributed by atoms with Crippen LogP contribution in [0.2, 0.25) is 5.02 Å². The topological polar surface area (TPSA) is 95.6 Å². The summed E-state index contributed by atoms with van der Waals surface area (Å²) in [5.41, 5.74) is 6.55. The third-order valence-electron chi connectivity index (χ3n) is 4.14. The number of carbonyl (C=O) groups is 2. The van der Waals surface area contributed by atoms with Crippen molar-refractivity contribution >= 4 is 29.1 Å². The molecule has 0 atom stereocenters. The number of ether oxygens (including phenoxy) is 2. The molecule has 29 heavy (non-hydrogen) atoms. The number of hydrogen-bond donors (Lipinski definition) is 2. The van der Waals surface area contributed by atoms with E-state index in [1.54, 1.807) is 36.4 Å². The Morgan fingerprint density at radius 3 is 2.52 bits per heavy atom. The zero-order valence-electron chi connectivity index (χ0n) is 15.7. The van der Waals surface area contributed by atoms with Crippen molar-refractivity contribution < 1.29 is 19.1 Å². The fourth-order valence-electron chi connectivity index (χ4n) is 2.73. The van der Waals surface area contributed by atoms with Gasteiger partial charge in [-0.1, -0.05) is 23.7 Å². The summed E-state index contributed by atoms with van der Waals surface area (Å²) in [6.45, 7) is 0.114. The van der Waals surface area contributed by atoms with Gasteiger partial charge in [-0.05, 0) is 30.3 Å². The van der Waals surface area contributed by atoms with E-state index in [1.165, 1.54) is 7.11 Å². The summed E-state index contributed by atoms with van der Waals surface area (Å²) in [5.74, 6) is -0.0683. The van der Waals surface area contributed by atoms with Crippen LogP contribution in [0.25, 0.3) is 5.69 Å². The van der Waals surface area contributed by atoms with Crippen molar-refractivity contribution in [2.45, 2.75) is 6.42 Å². The second-order valence-corrected chi connectivity index (χ2v) is 6.52. The molecule has 0 radical (unpaired) electrons. The lowest BCUT2D eigenvalue weighted by Gasteiger charge is -2.15. The summed E-state index contributed by atoms with van der Waals surface area (Å²) in [6.07, 6.45) is 3.77. The van der Waals surface area contributed by atoms with Crippen LogP contribution in [0.3, 0.4) is 0 Å². The summed E-state index contributed by atoms with van der Waals surface area (Å²) >= 11 is 6.40. The van der Waals surface area contributed by atoms with Crippen molar-refractivity contribution in [2.24, 2.45) is 5.73 Å². The minimum absolute atomic E-state index is 0.0760. The fourth-order valence-corrected chi connectivity index (χ4v) is 2.99. The molecule has 0 aliphatic heterocycles. The van der Waals surface area contributed by atoms with E-state index in [4.69, 9.17) is 26.8 Å². The van der Waals surface area contributed by atoms with E-state index in [2.05, 4.69) is 5.32 Å². The smallest absolute Gasteiger partial charge is 0.259 e. The van der Waals surface area contributed by atoms with Crippen molar-refractivity contribution in [3.05, 3.63) is 71.5 Å². The number of amides is 2. The number of aromatic nitrogens is 1. The summed E-state index contributed by atoms with van der Waals surface area (Å²) in [7, 11) is 1.49. The molecule has 1 aromatic heterocycles.